The summed E-state index contributed by atoms with van der Waals surface area (Å²) >= 11 is 1.33. The van der Waals surface area contributed by atoms with Gasteiger partial charge in [-0.3, -0.25) is 4.79 Å². The summed E-state index contributed by atoms with van der Waals surface area (Å²) in [6.45, 7) is 1.61. The number of amides is 1. The average molecular weight is 382 g/mol. The summed E-state index contributed by atoms with van der Waals surface area (Å²) in [4.78, 5) is 18.4. The summed E-state index contributed by atoms with van der Waals surface area (Å²) in [6.07, 6.45) is 4.45. The van der Waals surface area contributed by atoms with Gasteiger partial charge in [0.1, 0.15) is 0 Å². The zero-order valence-electron chi connectivity index (χ0n) is 14.4. The molecule has 3 heterocycles. The summed E-state index contributed by atoms with van der Waals surface area (Å²) < 4.78 is 0. The van der Waals surface area contributed by atoms with Crippen LogP contribution in [0.25, 0.3) is 0 Å². The van der Waals surface area contributed by atoms with Gasteiger partial charge in [-0.2, -0.15) is 5.10 Å². The van der Waals surface area contributed by atoms with Crippen LogP contribution in [0.3, 0.4) is 0 Å². The second-order valence-electron chi connectivity index (χ2n) is 6.14. The average Bonchev–Trinajstić information content (AvgIpc) is 3.33. The van der Waals surface area contributed by atoms with Gasteiger partial charge in [-0.15, -0.1) is 15.3 Å². The molecule has 0 spiro atoms. The molecular formula is C17H18N8OS. The number of nitrogens with zero attached hydrogens (tertiary/aromatic N) is 6. The largest absolute Gasteiger partial charge is 0.355 e. The Morgan fingerprint density at radius 3 is 2.81 bits per heavy atom. The minimum absolute atomic E-state index is 0.107. The van der Waals surface area contributed by atoms with Crippen molar-refractivity contribution in [1.82, 2.24) is 25.4 Å². The van der Waals surface area contributed by atoms with Crippen LogP contribution in [0.15, 0.2) is 42.7 Å². The first-order valence-corrected chi connectivity index (χ1v) is 9.40. The van der Waals surface area contributed by atoms with Gasteiger partial charge in [-0.05, 0) is 12.0 Å². The third-order valence-electron chi connectivity index (χ3n) is 4.15. The SMILES string of the molecule is O=C(Cc1ccccc1)Nc1nnc(NC2CCN(c3nccnn3)C2)s1. The van der Waals surface area contributed by atoms with Gasteiger partial charge < -0.3 is 15.5 Å². The highest BCUT2D eigenvalue weighted by Gasteiger charge is 2.25. The molecule has 138 valence electrons. The number of rotatable bonds is 6. The third kappa shape index (κ3) is 4.53. The Bertz CT molecular complexity index is 888. The molecule has 9 nitrogen and oxygen atoms in total. The first-order valence-electron chi connectivity index (χ1n) is 8.59. The van der Waals surface area contributed by atoms with Crippen LogP contribution in [0, 0.1) is 0 Å². The summed E-state index contributed by atoms with van der Waals surface area (Å²) in [5, 5.41) is 23.4. The molecule has 0 aliphatic carbocycles. The molecule has 3 aromatic rings. The molecule has 1 aliphatic heterocycles. The molecule has 1 amide bonds. The van der Waals surface area contributed by atoms with Crippen molar-refractivity contribution in [2.45, 2.75) is 18.9 Å². The molecule has 2 aromatic heterocycles. The van der Waals surface area contributed by atoms with Crippen molar-refractivity contribution in [3.05, 3.63) is 48.3 Å². The summed E-state index contributed by atoms with van der Waals surface area (Å²) in [5.41, 5.74) is 0.960. The fourth-order valence-electron chi connectivity index (χ4n) is 2.90. The Hall–Kier alpha value is -3.14. The van der Waals surface area contributed by atoms with E-state index in [4.69, 9.17) is 0 Å². The van der Waals surface area contributed by atoms with E-state index in [1.807, 2.05) is 30.3 Å². The van der Waals surface area contributed by atoms with Gasteiger partial charge in [0, 0.05) is 19.1 Å². The number of hydrogen-bond donors (Lipinski definition) is 2. The molecule has 1 atom stereocenters. The van der Waals surface area contributed by atoms with E-state index in [1.54, 1.807) is 12.4 Å². The monoisotopic (exact) mass is 382 g/mol. The van der Waals surface area contributed by atoms with Crippen molar-refractivity contribution in [1.29, 1.82) is 0 Å². The topological polar surface area (TPSA) is 109 Å². The van der Waals surface area contributed by atoms with E-state index in [-0.39, 0.29) is 11.9 Å². The Morgan fingerprint density at radius 1 is 1.15 bits per heavy atom. The van der Waals surface area contributed by atoms with Crippen LogP contribution in [0.4, 0.5) is 16.2 Å². The lowest BCUT2D eigenvalue weighted by Crippen LogP contribution is -2.27. The highest BCUT2D eigenvalue weighted by atomic mass is 32.1. The minimum Gasteiger partial charge on any atom is -0.355 e. The molecule has 1 saturated heterocycles. The second kappa shape index (κ2) is 8.04. The van der Waals surface area contributed by atoms with Crippen molar-refractivity contribution in [2.24, 2.45) is 0 Å². The van der Waals surface area contributed by atoms with E-state index >= 15 is 0 Å². The summed E-state index contributed by atoms with van der Waals surface area (Å²) in [5.74, 6) is 0.526. The van der Waals surface area contributed by atoms with E-state index in [9.17, 15) is 4.79 Å². The van der Waals surface area contributed by atoms with E-state index in [0.717, 1.165) is 25.1 Å². The molecule has 1 unspecified atom stereocenters. The highest BCUT2D eigenvalue weighted by Crippen LogP contribution is 2.24. The Kier molecular flexibility index (Phi) is 5.15. The van der Waals surface area contributed by atoms with Gasteiger partial charge in [0.15, 0.2) is 0 Å². The fourth-order valence-corrected chi connectivity index (χ4v) is 3.63. The van der Waals surface area contributed by atoms with Crippen molar-refractivity contribution in [2.75, 3.05) is 28.6 Å². The molecule has 0 saturated carbocycles. The van der Waals surface area contributed by atoms with Gasteiger partial charge in [0.2, 0.25) is 22.1 Å². The van der Waals surface area contributed by atoms with Crippen LogP contribution in [0.2, 0.25) is 0 Å². The van der Waals surface area contributed by atoms with E-state index in [1.165, 1.54) is 11.3 Å². The third-order valence-corrected chi connectivity index (χ3v) is 4.92. The molecule has 0 bridgehead atoms. The fraction of sp³-hybridized carbons (Fsp3) is 0.294. The lowest BCUT2D eigenvalue weighted by molar-refractivity contribution is -0.115. The quantitative estimate of drug-likeness (QED) is 0.662. The van der Waals surface area contributed by atoms with E-state index in [0.29, 0.717) is 22.6 Å². The van der Waals surface area contributed by atoms with Crippen LogP contribution in [-0.4, -0.2) is 50.4 Å². The zero-order valence-corrected chi connectivity index (χ0v) is 15.3. The molecule has 27 heavy (non-hydrogen) atoms. The van der Waals surface area contributed by atoms with Gasteiger partial charge >= 0.3 is 0 Å². The Morgan fingerprint density at radius 2 is 2.00 bits per heavy atom. The van der Waals surface area contributed by atoms with Crippen LogP contribution < -0.4 is 15.5 Å². The second-order valence-corrected chi connectivity index (χ2v) is 7.12. The normalized spacial score (nSPS) is 16.3. The number of benzene rings is 1. The molecule has 0 radical (unpaired) electrons. The maximum atomic E-state index is 12.1. The smallest absolute Gasteiger partial charge is 0.245 e. The molecule has 1 aliphatic rings. The van der Waals surface area contributed by atoms with Crippen molar-refractivity contribution >= 4 is 33.5 Å². The van der Waals surface area contributed by atoms with Gasteiger partial charge in [-0.1, -0.05) is 41.7 Å². The molecule has 4 rings (SSSR count). The van der Waals surface area contributed by atoms with Gasteiger partial charge in [0.05, 0.1) is 18.8 Å². The molecule has 2 N–H and O–H groups in total. The lowest BCUT2D eigenvalue weighted by atomic mass is 10.1. The van der Waals surface area contributed by atoms with Crippen molar-refractivity contribution in [3.63, 3.8) is 0 Å². The lowest BCUT2D eigenvalue weighted by Gasteiger charge is -2.15. The molecule has 1 aromatic carbocycles. The number of carbonyl (C=O) groups excluding carboxylic acids is 1. The van der Waals surface area contributed by atoms with E-state index in [2.05, 4.69) is 40.9 Å². The number of hydrogen-bond acceptors (Lipinski definition) is 9. The molecule has 1 fully saturated rings. The van der Waals surface area contributed by atoms with Gasteiger partial charge in [-0.25, -0.2) is 4.98 Å². The van der Waals surface area contributed by atoms with Crippen LogP contribution in [0.1, 0.15) is 12.0 Å². The summed E-state index contributed by atoms with van der Waals surface area (Å²) in [6, 6.07) is 9.81. The standard InChI is InChI=1S/C17H18N8OS/c26-14(10-12-4-2-1-3-5-12)21-17-24-23-16(27-17)20-13-6-9-25(11-13)15-18-7-8-19-22-15/h1-5,7-8,13H,6,9-11H2,(H,20,23)(H,21,24,26). The van der Waals surface area contributed by atoms with Crippen molar-refractivity contribution in [3.8, 4) is 0 Å². The Labute approximate surface area is 159 Å². The summed E-state index contributed by atoms with van der Waals surface area (Å²) in [7, 11) is 0. The number of anilines is 3. The first-order chi connectivity index (χ1) is 13.3. The highest BCUT2D eigenvalue weighted by molar-refractivity contribution is 7.19. The molecular weight excluding hydrogens is 364 g/mol. The van der Waals surface area contributed by atoms with Crippen LogP contribution >= 0.6 is 11.3 Å². The predicted octanol–water partition coefficient (Wildman–Crippen LogP) is 1.60. The van der Waals surface area contributed by atoms with Crippen LogP contribution in [0.5, 0.6) is 0 Å². The van der Waals surface area contributed by atoms with Crippen molar-refractivity contribution < 1.29 is 4.79 Å². The number of nitrogens with one attached hydrogen (secondary N) is 2. The predicted molar refractivity (Wildman–Crippen MR) is 103 cm³/mol. The minimum atomic E-state index is -0.107. The zero-order chi connectivity index (χ0) is 18.5. The molecule has 10 heteroatoms. The van der Waals surface area contributed by atoms with Crippen LogP contribution in [-0.2, 0) is 11.2 Å². The first kappa shape index (κ1) is 17.3. The Balaban J connectivity index is 1.29. The van der Waals surface area contributed by atoms with Gasteiger partial charge in [0.25, 0.3) is 0 Å². The van der Waals surface area contributed by atoms with E-state index < -0.39 is 0 Å². The maximum absolute atomic E-state index is 12.1. The maximum Gasteiger partial charge on any atom is 0.245 e. The number of carbonyl (C=O) groups is 1. The number of aromatic nitrogens is 5.